The molecule has 2 aliphatic rings. The molecule has 0 radical (unpaired) electrons. The highest BCUT2D eigenvalue weighted by molar-refractivity contribution is 6.07. The van der Waals surface area contributed by atoms with Crippen molar-refractivity contribution in [1.82, 2.24) is 5.01 Å². The first kappa shape index (κ1) is 24.8. The molecular weight excluding hydrogens is 485 g/mol. The van der Waals surface area contributed by atoms with E-state index in [1.807, 2.05) is 48.5 Å². The maximum Gasteiger partial charge on any atom is 0.573 e. The minimum atomic E-state index is -4.78. The fourth-order valence-electron chi connectivity index (χ4n) is 4.92. The van der Waals surface area contributed by atoms with E-state index in [1.54, 1.807) is 19.2 Å². The Labute approximate surface area is 212 Å². The van der Waals surface area contributed by atoms with Gasteiger partial charge in [0, 0.05) is 11.5 Å². The van der Waals surface area contributed by atoms with Crippen LogP contribution >= 0.6 is 0 Å². The van der Waals surface area contributed by atoms with Crippen LogP contribution in [0.5, 0.6) is 11.5 Å². The summed E-state index contributed by atoms with van der Waals surface area (Å²) in [6.07, 6.45) is -3.27. The summed E-state index contributed by atoms with van der Waals surface area (Å²) in [5.41, 5.74) is 4.39. The molecule has 192 valence electrons. The van der Waals surface area contributed by atoms with Crippen LogP contribution in [0.25, 0.3) is 0 Å². The van der Waals surface area contributed by atoms with Gasteiger partial charge in [-0.15, -0.1) is 13.2 Å². The number of carbonyl (C=O) groups is 1. The number of fused-ring (bicyclic) bond motifs is 3. The first-order valence-corrected chi connectivity index (χ1v) is 11.9. The van der Waals surface area contributed by atoms with Crippen LogP contribution in [0.3, 0.4) is 0 Å². The van der Waals surface area contributed by atoms with Crippen molar-refractivity contribution in [1.29, 1.82) is 0 Å². The Morgan fingerprint density at radius 1 is 1.03 bits per heavy atom. The predicted molar refractivity (Wildman–Crippen MR) is 130 cm³/mol. The fraction of sp³-hybridized carbons (Fsp3) is 0.286. The number of halogens is 3. The monoisotopic (exact) mass is 510 g/mol. The Morgan fingerprint density at radius 3 is 2.46 bits per heavy atom. The summed E-state index contributed by atoms with van der Waals surface area (Å²) in [6.45, 7) is 0.0870. The molecular formula is C28H25F3N2O4. The summed E-state index contributed by atoms with van der Waals surface area (Å²) in [7, 11) is 1.59. The molecule has 0 saturated carbocycles. The minimum Gasteiger partial charge on any atom is -0.497 e. The summed E-state index contributed by atoms with van der Waals surface area (Å²) in [6, 6.07) is 20.5. The van der Waals surface area contributed by atoms with Gasteiger partial charge in [0.2, 0.25) is 0 Å². The number of methoxy groups -OCH3 is 1. The molecule has 9 heteroatoms. The number of carbonyl (C=O) groups excluding carboxylic acids is 1. The third-order valence-corrected chi connectivity index (χ3v) is 6.58. The summed E-state index contributed by atoms with van der Waals surface area (Å²) < 4.78 is 53.1. The van der Waals surface area contributed by atoms with Crippen LogP contribution in [0.4, 0.5) is 13.2 Å². The lowest BCUT2D eigenvalue weighted by Crippen LogP contribution is -2.34. The predicted octanol–water partition coefficient (Wildman–Crippen LogP) is 5.66. The summed E-state index contributed by atoms with van der Waals surface area (Å²) >= 11 is 0. The molecule has 3 aromatic carbocycles. The molecule has 5 rings (SSSR count). The highest BCUT2D eigenvalue weighted by Crippen LogP contribution is 2.44. The third-order valence-electron chi connectivity index (χ3n) is 6.58. The van der Waals surface area contributed by atoms with Gasteiger partial charge in [0.15, 0.2) is 0 Å². The summed E-state index contributed by atoms with van der Waals surface area (Å²) in [5.74, 6) is -0.101. The quantitative estimate of drug-likeness (QED) is 0.412. The topological polar surface area (TPSA) is 60.4 Å². The number of benzene rings is 3. The molecule has 6 nitrogen and oxygen atoms in total. The molecule has 1 aliphatic heterocycles. The van der Waals surface area contributed by atoms with Crippen LogP contribution in [0.15, 0.2) is 77.9 Å². The zero-order valence-corrected chi connectivity index (χ0v) is 20.1. The molecule has 0 saturated heterocycles. The first-order valence-electron chi connectivity index (χ1n) is 11.9. The van der Waals surface area contributed by atoms with Gasteiger partial charge in [0.25, 0.3) is 5.91 Å². The van der Waals surface area contributed by atoms with E-state index in [9.17, 15) is 18.0 Å². The van der Waals surface area contributed by atoms with Crippen molar-refractivity contribution < 1.29 is 32.2 Å². The highest BCUT2D eigenvalue weighted by Gasteiger charge is 2.44. The molecule has 0 aromatic heterocycles. The van der Waals surface area contributed by atoms with E-state index in [0.29, 0.717) is 11.3 Å². The number of amides is 1. The number of rotatable bonds is 7. The van der Waals surface area contributed by atoms with Crippen molar-refractivity contribution in [2.24, 2.45) is 11.0 Å². The zero-order chi connectivity index (χ0) is 26.0. The van der Waals surface area contributed by atoms with Crippen molar-refractivity contribution in [3.05, 3.63) is 95.1 Å². The molecule has 0 N–H and O–H groups in total. The van der Waals surface area contributed by atoms with E-state index in [1.165, 1.54) is 17.1 Å². The largest absolute Gasteiger partial charge is 0.573 e. The molecule has 1 heterocycles. The lowest BCUT2D eigenvalue weighted by atomic mass is 9.77. The van der Waals surface area contributed by atoms with E-state index >= 15 is 0 Å². The van der Waals surface area contributed by atoms with Gasteiger partial charge in [-0.05, 0) is 53.8 Å². The van der Waals surface area contributed by atoms with E-state index in [2.05, 4.69) is 4.74 Å². The maximum atomic E-state index is 13.3. The Bertz CT molecular complexity index is 1290. The number of hydrogen-bond acceptors (Lipinski definition) is 5. The van der Waals surface area contributed by atoms with Crippen LogP contribution in [0.1, 0.15) is 34.7 Å². The van der Waals surface area contributed by atoms with Gasteiger partial charge in [0.1, 0.15) is 18.1 Å². The molecule has 0 unspecified atom stereocenters. The standard InChI is InChI=1S/C28H25F3N2O4/c1-35-22-13-7-19-10-14-23-26(24(19)15-22)32-33(25(34)17-36-16-18-5-3-2-4-6-18)27(23)20-8-11-21(12-9-20)37-28(29,30)31/h2-9,11-13,15,23,27H,10,14,16-17H2,1H3/t23-,27+/m1/s1. The van der Waals surface area contributed by atoms with Crippen molar-refractivity contribution >= 4 is 11.6 Å². The Balaban J connectivity index is 1.43. The number of hydrazone groups is 1. The van der Waals surface area contributed by atoms with E-state index < -0.39 is 12.4 Å². The number of aryl methyl sites for hydroxylation is 1. The van der Waals surface area contributed by atoms with Gasteiger partial charge in [-0.25, -0.2) is 5.01 Å². The molecule has 0 fully saturated rings. The van der Waals surface area contributed by atoms with Crippen LogP contribution in [0.2, 0.25) is 0 Å². The van der Waals surface area contributed by atoms with Crippen molar-refractivity contribution in [3.63, 3.8) is 0 Å². The van der Waals surface area contributed by atoms with Gasteiger partial charge in [-0.1, -0.05) is 48.5 Å². The number of ether oxygens (including phenoxy) is 3. The van der Waals surface area contributed by atoms with Crippen LogP contribution < -0.4 is 9.47 Å². The summed E-state index contributed by atoms with van der Waals surface area (Å²) in [4.78, 5) is 13.3. The normalized spacial score (nSPS) is 18.6. The summed E-state index contributed by atoms with van der Waals surface area (Å²) in [5, 5.41) is 6.16. The van der Waals surface area contributed by atoms with E-state index in [-0.39, 0.29) is 30.8 Å². The Morgan fingerprint density at radius 2 is 1.76 bits per heavy atom. The van der Waals surface area contributed by atoms with E-state index in [0.717, 1.165) is 35.2 Å². The molecule has 1 amide bonds. The molecule has 3 aromatic rings. The zero-order valence-electron chi connectivity index (χ0n) is 20.1. The van der Waals surface area contributed by atoms with Crippen molar-refractivity contribution in [3.8, 4) is 11.5 Å². The number of nitrogens with zero attached hydrogens (tertiary/aromatic N) is 2. The minimum absolute atomic E-state index is 0.132. The lowest BCUT2D eigenvalue weighted by molar-refractivity contribution is -0.274. The molecule has 0 bridgehead atoms. The molecule has 0 spiro atoms. The first-order chi connectivity index (χ1) is 17.8. The number of alkyl halides is 3. The number of hydrogen-bond donors (Lipinski definition) is 0. The average molecular weight is 511 g/mol. The Hall–Kier alpha value is -3.85. The van der Waals surface area contributed by atoms with Crippen LogP contribution in [-0.2, 0) is 22.6 Å². The second kappa shape index (κ2) is 10.3. The molecule has 1 aliphatic carbocycles. The molecule has 37 heavy (non-hydrogen) atoms. The highest BCUT2D eigenvalue weighted by atomic mass is 19.4. The molecule has 2 atom stereocenters. The van der Waals surface area contributed by atoms with Crippen molar-refractivity contribution in [2.45, 2.75) is 31.9 Å². The van der Waals surface area contributed by atoms with Gasteiger partial charge < -0.3 is 14.2 Å². The van der Waals surface area contributed by atoms with Gasteiger partial charge in [0.05, 0.1) is 25.5 Å². The van der Waals surface area contributed by atoms with Gasteiger partial charge >= 0.3 is 6.36 Å². The van der Waals surface area contributed by atoms with Gasteiger partial charge in [-0.2, -0.15) is 5.10 Å². The average Bonchev–Trinajstić information content (AvgIpc) is 3.29. The van der Waals surface area contributed by atoms with Crippen LogP contribution in [-0.4, -0.2) is 36.7 Å². The van der Waals surface area contributed by atoms with Crippen LogP contribution in [0, 0.1) is 5.92 Å². The maximum absolute atomic E-state index is 13.3. The third kappa shape index (κ3) is 5.46. The smallest absolute Gasteiger partial charge is 0.497 e. The van der Waals surface area contributed by atoms with Crippen molar-refractivity contribution in [2.75, 3.05) is 13.7 Å². The second-order valence-corrected chi connectivity index (χ2v) is 8.93. The fourth-order valence-corrected chi connectivity index (χ4v) is 4.92. The SMILES string of the molecule is COc1ccc2c(c1)C1=NN(C(=O)COCc3ccccc3)[C@@H](c3ccc(OC(F)(F)F)cc3)[C@@H]1CC2. The van der Waals surface area contributed by atoms with E-state index in [4.69, 9.17) is 14.6 Å². The second-order valence-electron chi connectivity index (χ2n) is 8.93. The van der Waals surface area contributed by atoms with Gasteiger partial charge in [-0.3, -0.25) is 4.79 Å². The Kier molecular flexibility index (Phi) is 6.88. The lowest BCUT2D eigenvalue weighted by Gasteiger charge is -2.30.